The van der Waals surface area contributed by atoms with Crippen LogP contribution >= 0.6 is 11.6 Å². The first kappa shape index (κ1) is 27.1. The Morgan fingerprint density at radius 2 is 1.80 bits per heavy atom. The fourth-order valence-electron chi connectivity index (χ4n) is 4.83. The van der Waals surface area contributed by atoms with Gasteiger partial charge in [-0.1, -0.05) is 29.8 Å². The van der Waals surface area contributed by atoms with Crippen molar-refractivity contribution in [3.8, 4) is 34.5 Å². The lowest BCUT2D eigenvalue weighted by molar-refractivity contribution is 0.0784. The molecule has 9 nitrogen and oxygen atoms in total. The van der Waals surface area contributed by atoms with E-state index in [9.17, 15) is 23.5 Å². The molecule has 1 amide bonds. The number of rotatable bonds is 6. The highest BCUT2D eigenvalue weighted by atomic mass is 35.5. The molecule has 4 aromatic rings. The zero-order valence-electron chi connectivity index (χ0n) is 21.4. The van der Waals surface area contributed by atoms with Crippen molar-refractivity contribution >= 4 is 17.5 Å². The van der Waals surface area contributed by atoms with Gasteiger partial charge in [0, 0.05) is 35.7 Å². The molecule has 0 aliphatic carbocycles. The summed E-state index contributed by atoms with van der Waals surface area (Å²) in [5.41, 5.74) is -0.917. The number of nitrogens with zero attached hydrogens (tertiary/aromatic N) is 4. The molecule has 1 atom stereocenters. The summed E-state index contributed by atoms with van der Waals surface area (Å²) in [4.78, 5) is 37.2. The number of methoxy groups -OCH3 is 2. The Balaban J connectivity index is 1.65. The van der Waals surface area contributed by atoms with Crippen molar-refractivity contribution in [2.24, 2.45) is 0 Å². The Morgan fingerprint density at radius 1 is 1.10 bits per heavy atom. The second kappa shape index (κ2) is 10.9. The van der Waals surface area contributed by atoms with Crippen LogP contribution in [-0.4, -0.2) is 57.8 Å². The second-order valence-electron chi connectivity index (χ2n) is 9.05. The van der Waals surface area contributed by atoms with E-state index in [-0.39, 0.29) is 41.8 Å². The summed E-state index contributed by atoms with van der Waals surface area (Å²) in [7, 11) is 2.82. The molecule has 12 heteroatoms. The van der Waals surface area contributed by atoms with Crippen LogP contribution in [0.25, 0.3) is 17.1 Å². The van der Waals surface area contributed by atoms with Gasteiger partial charge in [-0.05, 0) is 30.7 Å². The lowest BCUT2D eigenvalue weighted by Crippen LogP contribution is -2.36. The van der Waals surface area contributed by atoms with Crippen molar-refractivity contribution in [1.82, 2.24) is 19.4 Å². The molecule has 1 aliphatic rings. The van der Waals surface area contributed by atoms with Crippen molar-refractivity contribution in [3.05, 3.63) is 93.0 Å². The maximum absolute atomic E-state index is 14.4. The number of carbonyl (C=O) groups is 1. The van der Waals surface area contributed by atoms with Crippen molar-refractivity contribution < 1.29 is 28.2 Å². The van der Waals surface area contributed by atoms with E-state index in [0.29, 0.717) is 17.0 Å². The van der Waals surface area contributed by atoms with Crippen molar-refractivity contribution in [1.29, 1.82) is 0 Å². The first-order valence-corrected chi connectivity index (χ1v) is 12.5. The largest absolute Gasteiger partial charge is 0.494 e. The van der Waals surface area contributed by atoms with Gasteiger partial charge in [-0.3, -0.25) is 19.1 Å². The molecule has 1 N–H and O–H groups in total. The molecule has 5 rings (SSSR count). The smallest absolute Gasteiger partial charge is 0.275 e. The van der Waals surface area contributed by atoms with Gasteiger partial charge in [0.25, 0.3) is 11.5 Å². The lowest BCUT2D eigenvalue weighted by atomic mass is 10.0. The number of aromatic nitrogens is 3. The highest BCUT2D eigenvalue weighted by molar-refractivity contribution is 6.30. The predicted molar refractivity (Wildman–Crippen MR) is 142 cm³/mol. The number of carbonyl (C=O) groups excluding carboxylic acids is 1. The molecule has 2 aromatic heterocycles. The van der Waals surface area contributed by atoms with Crippen LogP contribution in [-0.2, 0) is 0 Å². The minimum atomic E-state index is -0.884. The molecule has 2 aromatic carbocycles. The maximum atomic E-state index is 14.4. The number of halogens is 3. The number of likely N-dealkylation sites (tertiary alicyclic amines) is 1. The van der Waals surface area contributed by atoms with Crippen LogP contribution < -0.4 is 15.0 Å². The van der Waals surface area contributed by atoms with E-state index in [1.807, 2.05) is 0 Å². The normalized spacial score (nSPS) is 14.8. The van der Waals surface area contributed by atoms with Gasteiger partial charge in [0.2, 0.25) is 5.88 Å². The van der Waals surface area contributed by atoms with Gasteiger partial charge in [-0.15, -0.1) is 0 Å². The molecular weight excluding hydrogens is 546 g/mol. The minimum absolute atomic E-state index is 0.00128. The Kier molecular flexibility index (Phi) is 7.40. The number of para-hydroxylation sites is 1. The predicted octanol–water partition coefficient (Wildman–Crippen LogP) is 4.58. The monoisotopic (exact) mass is 568 g/mol. The summed E-state index contributed by atoms with van der Waals surface area (Å²) < 4.78 is 39.8. The summed E-state index contributed by atoms with van der Waals surface area (Å²) in [5, 5.41) is 11.3. The van der Waals surface area contributed by atoms with E-state index in [1.54, 1.807) is 42.5 Å². The highest BCUT2D eigenvalue weighted by Crippen LogP contribution is 2.36. The Hall–Kier alpha value is -4.51. The maximum Gasteiger partial charge on any atom is 0.275 e. The van der Waals surface area contributed by atoms with Gasteiger partial charge in [-0.25, -0.2) is 8.78 Å². The summed E-state index contributed by atoms with van der Waals surface area (Å²) in [5.74, 6) is -3.27. The van der Waals surface area contributed by atoms with Gasteiger partial charge in [0.15, 0.2) is 11.4 Å². The van der Waals surface area contributed by atoms with Gasteiger partial charge in [0.05, 0.1) is 26.1 Å². The number of aromatic hydroxyl groups is 1. The van der Waals surface area contributed by atoms with E-state index >= 15 is 0 Å². The highest BCUT2D eigenvalue weighted by Gasteiger charge is 2.35. The summed E-state index contributed by atoms with van der Waals surface area (Å²) in [6.07, 6.45) is 1.23. The van der Waals surface area contributed by atoms with Crippen LogP contribution in [0.4, 0.5) is 8.78 Å². The Morgan fingerprint density at radius 3 is 2.45 bits per heavy atom. The van der Waals surface area contributed by atoms with Crippen LogP contribution in [0.15, 0.2) is 59.5 Å². The molecule has 3 heterocycles. The number of pyridine rings is 1. The first-order chi connectivity index (χ1) is 19.2. The standard InChI is InChI=1S/C28H23ClF2N4O5/c1-39-20-7-4-8-21(40-2)24(20)35-25(15-5-3-6-17(29)11-15)33-26(36)22(28(35)38)27(37)34-10-9-16(14-34)23-19(31)12-18(30)13-32-23/h3-8,11-13,16,36H,9-10,14H2,1-2H3. The third-order valence-electron chi connectivity index (χ3n) is 6.68. The average molecular weight is 569 g/mol. The van der Waals surface area contributed by atoms with Crippen LogP contribution in [0, 0.1) is 11.6 Å². The van der Waals surface area contributed by atoms with E-state index in [1.165, 1.54) is 19.1 Å². The van der Waals surface area contributed by atoms with Crippen molar-refractivity contribution in [3.63, 3.8) is 0 Å². The minimum Gasteiger partial charge on any atom is -0.494 e. The quantitative estimate of drug-likeness (QED) is 0.363. The van der Waals surface area contributed by atoms with Crippen molar-refractivity contribution in [2.75, 3.05) is 27.3 Å². The fraction of sp³-hybridized carbons (Fsp3) is 0.214. The average Bonchev–Trinajstić information content (AvgIpc) is 3.42. The van der Waals surface area contributed by atoms with Crippen LogP contribution in [0.1, 0.15) is 28.4 Å². The molecule has 0 saturated carbocycles. The van der Waals surface area contributed by atoms with E-state index in [4.69, 9.17) is 21.1 Å². The summed E-state index contributed by atoms with van der Waals surface area (Å²) in [6.45, 7) is 0.149. The Labute approximate surface area is 232 Å². The SMILES string of the molecule is COc1cccc(OC)c1-n1c(-c2cccc(Cl)c2)nc(O)c(C(=O)N2CCC(c3ncc(F)cc3F)C2)c1=O. The molecule has 1 saturated heterocycles. The zero-order chi connectivity index (χ0) is 28.6. The molecule has 206 valence electrons. The Bertz CT molecular complexity index is 1660. The summed E-state index contributed by atoms with van der Waals surface area (Å²) >= 11 is 6.20. The number of amides is 1. The number of ether oxygens (including phenoxy) is 2. The first-order valence-electron chi connectivity index (χ1n) is 12.2. The molecule has 1 unspecified atom stereocenters. The topological polar surface area (TPSA) is 107 Å². The van der Waals surface area contributed by atoms with Gasteiger partial charge in [0.1, 0.15) is 28.8 Å². The third-order valence-corrected chi connectivity index (χ3v) is 6.92. The molecular formula is C28H23ClF2N4O5. The molecule has 40 heavy (non-hydrogen) atoms. The fourth-order valence-corrected chi connectivity index (χ4v) is 5.02. The van der Waals surface area contributed by atoms with Crippen LogP contribution in [0.3, 0.4) is 0 Å². The summed E-state index contributed by atoms with van der Waals surface area (Å²) in [6, 6.07) is 12.1. The number of benzene rings is 2. The van der Waals surface area contributed by atoms with Gasteiger partial charge < -0.3 is 19.5 Å². The molecule has 0 bridgehead atoms. The second-order valence-corrected chi connectivity index (χ2v) is 9.49. The van der Waals surface area contributed by atoms with E-state index in [0.717, 1.165) is 16.8 Å². The van der Waals surface area contributed by atoms with E-state index < -0.39 is 40.5 Å². The number of hydrogen-bond donors (Lipinski definition) is 1. The van der Waals surface area contributed by atoms with Gasteiger partial charge in [-0.2, -0.15) is 4.98 Å². The van der Waals surface area contributed by atoms with Crippen LogP contribution in [0.5, 0.6) is 17.4 Å². The number of hydrogen-bond acceptors (Lipinski definition) is 7. The van der Waals surface area contributed by atoms with Crippen LogP contribution in [0.2, 0.25) is 5.02 Å². The zero-order valence-corrected chi connectivity index (χ0v) is 22.2. The molecule has 0 radical (unpaired) electrons. The van der Waals surface area contributed by atoms with E-state index in [2.05, 4.69) is 9.97 Å². The molecule has 1 fully saturated rings. The van der Waals surface area contributed by atoms with Crippen molar-refractivity contribution in [2.45, 2.75) is 12.3 Å². The van der Waals surface area contributed by atoms with Gasteiger partial charge >= 0.3 is 0 Å². The third kappa shape index (κ3) is 4.84. The molecule has 1 aliphatic heterocycles. The lowest BCUT2D eigenvalue weighted by Gasteiger charge is -2.21. The molecule has 0 spiro atoms.